The van der Waals surface area contributed by atoms with Crippen LogP contribution in [0.3, 0.4) is 0 Å². The van der Waals surface area contributed by atoms with Gasteiger partial charge in [-0.25, -0.2) is 26.1 Å². The summed E-state index contributed by atoms with van der Waals surface area (Å²) in [6, 6.07) is 11.4. The van der Waals surface area contributed by atoms with Gasteiger partial charge >= 0.3 is 18.3 Å². The van der Waals surface area contributed by atoms with E-state index in [-0.39, 0.29) is 24.4 Å². The zero-order valence-corrected chi connectivity index (χ0v) is 24.1. The van der Waals surface area contributed by atoms with Crippen molar-refractivity contribution in [3.8, 4) is 0 Å². The molecule has 4 aromatic rings. The zero-order valence-electron chi connectivity index (χ0n) is 21.7. The Bertz CT molecular complexity index is 1920. The molecule has 0 amide bonds. The number of carboxylic acids is 1. The first-order valence-corrected chi connectivity index (χ1v) is 15.2. The molecule has 0 aliphatic rings. The standard InChI is InChI=1S/C26H18ClF6N3O6S2/c27-17-7-11-19(12-8-17)44(41,42)36(15-25(28,29)30)22-13-34-24(21-4-2-1-3-20(21)22)35(14-23(37)38)43(39,40)18-9-5-16(6-10-18)26(31,32)33/h1-13H,14-15H2,(H,37,38). The van der Waals surface area contributed by atoms with Gasteiger partial charge in [-0.1, -0.05) is 35.9 Å². The molecule has 1 N–H and O–H groups in total. The maximum absolute atomic E-state index is 13.7. The number of hydrogen-bond acceptors (Lipinski definition) is 6. The van der Waals surface area contributed by atoms with E-state index in [0.717, 1.165) is 24.3 Å². The highest BCUT2D eigenvalue weighted by molar-refractivity contribution is 7.93. The van der Waals surface area contributed by atoms with Gasteiger partial charge in [0.15, 0.2) is 5.82 Å². The molecule has 1 heterocycles. The maximum atomic E-state index is 13.7. The highest BCUT2D eigenvalue weighted by Crippen LogP contribution is 2.38. The van der Waals surface area contributed by atoms with E-state index in [1.807, 2.05) is 0 Å². The molecule has 9 nitrogen and oxygen atoms in total. The van der Waals surface area contributed by atoms with Gasteiger partial charge in [-0.05, 0) is 48.5 Å². The second-order valence-corrected chi connectivity index (χ2v) is 13.2. The van der Waals surface area contributed by atoms with Crippen molar-refractivity contribution in [2.45, 2.75) is 22.1 Å². The van der Waals surface area contributed by atoms with Gasteiger partial charge < -0.3 is 5.11 Å². The first kappa shape index (κ1) is 32.8. The third-order valence-electron chi connectivity index (χ3n) is 6.03. The number of aromatic nitrogens is 1. The molecule has 4 rings (SSSR count). The fourth-order valence-electron chi connectivity index (χ4n) is 4.10. The summed E-state index contributed by atoms with van der Waals surface area (Å²) in [4.78, 5) is 14.3. The molecule has 44 heavy (non-hydrogen) atoms. The number of alkyl halides is 6. The average Bonchev–Trinajstić information content (AvgIpc) is 2.93. The van der Waals surface area contributed by atoms with Crippen LogP contribution in [0.5, 0.6) is 0 Å². The van der Waals surface area contributed by atoms with Crippen molar-refractivity contribution < 1.29 is 53.1 Å². The van der Waals surface area contributed by atoms with Gasteiger partial charge in [0.1, 0.15) is 13.1 Å². The fraction of sp³-hybridized carbons (Fsp3) is 0.154. The lowest BCUT2D eigenvalue weighted by Crippen LogP contribution is -2.39. The third kappa shape index (κ3) is 6.84. The Hall–Kier alpha value is -4.09. The molecule has 0 saturated heterocycles. The SMILES string of the molecule is O=C(O)CN(c1ncc(N(CC(F)(F)F)S(=O)(=O)c2ccc(Cl)cc2)c2ccccc12)S(=O)(=O)c1ccc(C(F)(F)F)cc1. The molecule has 1 aromatic heterocycles. The van der Waals surface area contributed by atoms with E-state index in [4.69, 9.17) is 11.6 Å². The third-order valence-corrected chi connectivity index (χ3v) is 9.81. The van der Waals surface area contributed by atoms with Crippen LogP contribution in [0, 0.1) is 0 Å². The zero-order chi connectivity index (χ0) is 32.7. The Balaban J connectivity index is 1.93. The van der Waals surface area contributed by atoms with E-state index >= 15 is 0 Å². The summed E-state index contributed by atoms with van der Waals surface area (Å²) < 4.78 is 135. The first-order chi connectivity index (χ1) is 20.3. The van der Waals surface area contributed by atoms with Crippen LogP contribution >= 0.6 is 11.6 Å². The molecule has 0 bridgehead atoms. The van der Waals surface area contributed by atoms with E-state index in [2.05, 4.69) is 4.98 Å². The summed E-state index contributed by atoms with van der Waals surface area (Å²) in [5.74, 6) is -2.35. The predicted molar refractivity (Wildman–Crippen MR) is 147 cm³/mol. The normalized spacial score (nSPS) is 12.7. The Morgan fingerprint density at radius 1 is 0.773 bits per heavy atom. The van der Waals surface area contributed by atoms with Crippen LogP contribution < -0.4 is 8.61 Å². The van der Waals surface area contributed by atoms with Gasteiger partial charge in [-0.3, -0.25) is 9.10 Å². The Morgan fingerprint density at radius 3 is 1.77 bits per heavy atom. The van der Waals surface area contributed by atoms with Gasteiger partial charge in [0.2, 0.25) is 0 Å². The van der Waals surface area contributed by atoms with Gasteiger partial charge in [0, 0.05) is 15.8 Å². The molecule has 3 aromatic carbocycles. The monoisotopic (exact) mass is 681 g/mol. The summed E-state index contributed by atoms with van der Waals surface area (Å²) in [5, 5.41) is 9.06. The number of hydrogen-bond donors (Lipinski definition) is 1. The molecular weight excluding hydrogens is 664 g/mol. The first-order valence-electron chi connectivity index (χ1n) is 12.0. The number of carboxylic acid groups (broad SMARTS) is 1. The summed E-state index contributed by atoms with van der Waals surface area (Å²) in [7, 11) is -9.88. The van der Waals surface area contributed by atoms with E-state index < -0.39 is 78.3 Å². The number of rotatable bonds is 9. The quantitative estimate of drug-likeness (QED) is 0.217. The predicted octanol–water partition coefficient (Wildman–Crippen LogP) is 5.94. The number of carbonyl (C=O) groups is 1. The summed E-state index contributed by atoms with van der Waals surface area (Å²) >= 11 is 5.79. The van der Waals surface area contributed by atoms with Crippen molar-refractivity contribution >= 4 is 59.9 Å². The number of pyridine rings is 1. The Kier molecular flexibility index (Phi) is 8.78. The maximum Gasteiger partial charge on any atom is 0.416 e. The summed E-state index contributed by atoms with van der Waals surface area (Å²) in [6.45, 7) is -3.32. The molecule has 0 unspecified atom stereocenters. The highest BCUT2D eigenvalue weighted by atomic mass is 35.5. The summed E-state index contributed by atoms with van der Waals surface area (Å²) in [5.41, 5.74) is -1.81. The number of halogens is 7. The molecule has 0 spiro atoms. The lowest BCUT2D eigenvalue weighted by molar-refractivity contribution is -0.137. The van der Waals surface area contributed by atoms with Gasteiger partial charge in [0.05, 0.1) is 27.2 Å². The van der Waals surface area contributed by atoms with Crippen molar-refractivity contribution in [1.29, 1.82) is 0 Å². The van der Waals surface area contributed by atoms with Crippen LogP contribution in [-0.2, 0) is 31.0 Å². The van der Waals surface area contributed by atoms with Crippen molar-refractivity contribution in [2.75, 3.05) is 21.7 Å². The van der Waals surface area contributed by atoms with Crippen LogP contribution in [-0.4, -0.2) is 52.2 Å². The molecule has 0 aliphatic heterocycles. The number of fused-ring (bicyclic) bond motifs is 1. The van der Waals surface area contributed by atoms with Crippen LogP contribution in [0.15, 0.2) is 88.8 Å². The van der Waals surface area contributed by atoms with E-state index in [9.17, 15) is 53.1 Å². The second-order valence-electron chi connectivity index (χ2n) is 9.02. The van der Waals surface area contributed by atoms with Gasteiger partial charge in [-0.2, -0.15) is 26.3 Å². The lowest BCUT2D eigenvalue weighted by Gasteiger charge is -2.28. The van der Waals surface area contributed by atoms with Crippen LogP contribution in [0.1, 0.15) is 5.56 Å². The molecule has 0 atom stereocenters. The Morgan fingerprint density at radius 2 is 1.27 bits per heavy atom. The Labute approximate surface area is 251 Å². The minimum absolute atomic E-state index is 0.0151. The molecule has 0 fully saturated rings. The smallest absolute Gasteiger partial charge is 0.416 e. The minimum Gasteiger partial charge on any atom is -0.480 e. The fourth-order valence-corrected chi connectivity index (χ4v) is 7.07. The number of aliphatic carboxylic acids is 1. The second kappa shape index (κ2) is 11.8. The van der Waals surface area contributed by atoms with Crippen molar-refractivity contribution in [2.24, 2.45) is 0 Å². The molecule has 0 saturated carbocycles. The number of benzene rings is 3. The lowest BCUT2D eigenvalue weighted by atomic mass is 10.1. The van der Waals surface area contributed by atoms with Crippen LogP contribution in [0.2, 0.25) is 5.02 Å². The van der Waals surface area contributed by atoms with Gasteiger partial charge in [0.25, 0.3) is 20.0 Å². The number of anilines is 2. The van der Waals surface area contributed by atoms with E-state index in [1.54, 1.807) is 0 Å². The molecule has 234 valence electrons. The number of nitrogens with zero attached hydrogens (tertiary/aromatic N) is 3. The van der Waals surface area contributed by atoms with Crippen molar-refractivity contribution in [1.82, 2.24) is 4.98 Å². The average molecular weight is 682 g/mol. The molecule has 18 heteroatoms. The molecular formula is C26H18ClF6N3O6S2. The van der Waals surface area contributed by atoms with Gasteiger partial charge in [-0.15, -0.1) is 0 Å². The largest absolute Gasteiger partial charge is 0.480 e. The van der Waals surface area contributed by atoms with Crippen LogP contribution in [0.25, 0.3) is 10.8 Å². The van der Waals surface area contributed by atoms with E-state index in [0.29, 0.717) is 30.5 Å². The van der Waals surface area contributed by atoms with E-state index in [1.165, 1.54) is 24.3 Å². The molecule has 0 aliphatic carbocycles. The minimum atomic E-state index is -5.07. The van der Waals surface area contributed by atoms with Crippen LogP contribution in [0.4, 0.5) is 37.8 Å². The van der Waals surface area contributed by atoms with Crippen molar-refractivity contribution in [3.05, 3.63) is 89.6 Å². The number of sulfonamides is 2. The molecule has 0 radical (unpaired) electrons. The topological polar surface area (TPSA) is 125 Å². The highest BCUT2D eigenvalue weighted by Gasteiger charge is 2.39. The summed E-state index contributed by atoms with van der Waals surface area (Å²) in [6.07, 6.45) is -9.24. The van der Waals surface area contributed by atoms with Crippen molar-refractivity contribution in [3.63, 3.8) is 0 Å².